The summed E-state index contributed by atoms with van der Waals surface area (Å²) in [6.07, 6.45) is 3.84. The zero-order valence-corrected chi connectivity index (χ0v) is 20.4. The van der Waals surface area contributed by atoms with Crippen LogP contribution in [-0.2, 0) is 0 Å². The molecule has 1 aliphatic rings. The summed E-state index contributed by atoms with van der Waals surface area (Å²) in [6, 6.07) is 23.0. The molecule has 3 nitrogen and oxygen atoms in total. The number of nitrogens with zero attached hydrogens (tertiary/aromatic N) is 2. The van der Waals surface area contributed by atoms with Gasteiger partial charge in [0.25, 0.3) is 5.56 Å². The van der Waals surface area contributed by atoms with Gasteiger partial charge in [-0.25, -0.2) is 4.99 Å². The number of halogens is 3. The summed E-state index contributed by atoms with van der Waals surface area (Å²) in [5.74, 6) is 0. The van der Waals surface area contributed by atoms with Crippen LogP contribution in [0.3, 0.4) is 0 Å². The van der Waals surface area contributed by atoms with E-state index in [4.69, 9.17) is 28.2 Å². The molecule has 0 fully saturated rings. The molecule has 158 valence electrons. The van der Waals surface area contributed by atoms with Crippen molar-refractivity contribution in [3.63, 3.8) is 0 Å². The molecule has 1 atom stereocenters. The minimum Gasteiger partial charge on any atom is -0.272 e. The lowest BCUT2D eigenvalue weighted by atomic mass is 10.0. The van der Waals surface area contributed by atoms with E-state index in [0.29, 0.717) is 19.4 Å². The number of allylic oxidation sites excluding steroid dienone is 1. The van der Waals surface area contributed by atoms with Crippen LogP contribution in [0.2, 0.25) is 10.0 Å². The van der Waals surface area contributed by atoms with Gasteiger partial charge in [-0.3, -0.25) is 9.36 Å². The number of hydrogen-bond acceptors (Lipinski definition) is 3. The molecule has 7 heteroatoms. The van der Waals surface area contributed by atoms with Crippen molar-refractivity contribution < 1.29 is 0 Å². The maximum atomic E-state index is 13.5. The number of fused-ring (bicyclic) bond motifs is 1. The second-order valence-electron chi connectivity index (χ2n) is 7.26. The highest BCUT2D eigenvalue weighted by atomic mass is 79.9. The Bertz CT molecular complexity index is 1520. The van der Waals surface area contributed by atoms with Crippen LogP contribution in [-0.4, -0.2) is 4.57 Å². The van der Waals surface area contributed by atoms with Crippen molar-refractivity contribution in [3.8, 4) is 0 Å². The van der Waals surface area contributed by atoms with Crippen molar-refractivity contribution in [3.05, 3.63) is 130 Å². The summed E-state index contributed by atoms with van der Waals surface area (Å²) in [7, 11) is 0. The van der Waals surface area contributed by atoms with Crippen LogP contribution in [0.1, 0.15) is 22.7 Å². The molecule has 2 heterocycles. The molecular weight excluding hydrogens is 527 g/mol. The number of thiazole rings is 1. The predicted molar refractivity (Wildman–Crippen MR) is 136 cm³/mol. The average molecular weight is 542 g/mol. The van der Waals surface area contributed by atoms with Gasteiger partial charge in [-0.2, -0.15) is 0 Å². The van der Waals surface area contributed by atoms with Crippen LogP contribution in [0, 0.1) is 0 Å². The Hall–Kier alpha value is -2.44. The molecule has 3 aromatic carbocycles. The van der Waals surface area contributed by atoms with Crippen LogP contribution in [0.5, 0.6) is 0 Å². The molecule has 0 saturated heterocycles. The van der Waals surface area contributed by atoms with Crippen molar-refractivity contribution in [2.45, 2.75) is 6.04 Å². The number of rotatable bonds is 3. The molecular formula is C25H15BrCl2N2OS. The minimum absolute atomic E-state index is 0.101. The monoisotopic (exact) mass is 540 g/mol. The van der Waals surface area contributed by atoms with E-state index in [2.05, 4.69) is 15.9 Å². The lowest BCUT2D eigenvalue weighted by Crippen LogP contribution is -2.36. The molecule has 0 saturated carbocycles. The summed E-state index contributed by atoms with van der Waals surface area (Å²) >= 11 is 17.2. The lowest BCUT2D eigenvalue weighted by Gasteiger charge is -2.19. The van der Waals surface area contributed by atoms with Gasteiger partial charge in [0.05, 0.1) is 16.3 Å². The van der Waals surface area contributed by atoms with Crippen LogP contribution < -0.4 is 14.9 Å². The summed E-state index contributed by atoms with van der Waals surface area (Å²) in [5, 5.41) is 1.05. The Labute approximate surface area is 206 Å². The molecule has 0 radical (unpaired) electrons. The third-order valence-electron chi connectivity index (χ3n) is 5.18. The lowest BCUT2D eigenvalue weighted by molar-refractivity contribution is 0.644. The van der Waals surface area contributed by atoms with Crippen LogP contribution >= 0.6 is 50.5 Å². The van der Waals surface area contributed by atoms with Gasteiger partial charge >= 0.3 is 0 Å². The van der Waals surface area contributed by atoms with E-state index in [0.717, 1.165) is 26.9 Å². The zero-order valence-electron chi connectivity index (χ0n) is 16.5. The maximum Gasteiger partial charge on any atom is 0.271 e. The fourth-order valence-electron chi connectivity index (χ4n) is 3.61. The molecule has 4 aromatic rings. The number of aromatic nitrogens is 1. The smallest absolute Gasteiger partial charge is 0.271 e. The Morgan fingerprint density at radius 3 is 2.47 bits per heavy atom. The maximum absolute atomic E-state index is 13.5. The third kappa shape index (κ3) is 4.14. The highest BCUT2D eigenvalue weighted by molar-refractivity contribution is 9.10. The second kappa shape index (κ2) is 8.83. The highest BCUT2D eigenvalue weighted by Crippen LogP contribution is 2.28. The van der Waals surface area contributed by atoms with E-state index in [9.17, 15) is 4.79 Å². The molecule has 1 aliphatic heterocycles. The van der Waals surface area contributed by atoms with Gasteiger partial charge in [-0.1, -0.05) is 99.0 Å². The van der Waals surface area contributed by atoms with Crippen molar-refractivity contribution in [1.82, 2.24) is 4.57 Å². The van der Waals surface area contributed by atoms with E-state index in [1.165, 1.54) is 11.3 Å². The molecule has 1 aromatic heterocycles. The number of benzene rings is 3. The summed E-state index contributed by atoms with van der Waals surface area (Å²) < 4.78 is 3.30. The third-order valence-corrected chi connectivity index (χ3v) is 7.25. The molecule has 0 bridgehead atoms. The van der Waals surface area contributed by atoms with Gasteiger partial charge in [0.1, 0.15) is 0 Å². The Balaban J connectivity index is 1.73. The fraction of sp³-hybridized carbons (Fsp3) is 0.0400. The average Bonchev–Trinajstić information content (AvgIpc) is 3.11. The Kier molecular flexibility index (Phi) is 5.91. The van der Waals surface area contributed by atoms with E-state index in [1.54, 1.807) is 22.8 Å². The molecule has 0 spiro atoms. The first-order valence-corrected chi connectivity index (χ1v) is 12.2. The van der Waals surface area contributed by atoms with Crippen LogP contribution in [0.15, 0.2) is 93.1 Å². The van der Waals surface area contributed by atoms with Gasteiger partial charge in [0, 0.05) is 14.5 Å². The minimum atomic E-state index is -0.266. The first kappa shape index (κ1) is 21.4. The predicted octanol–water partition coefficient (Wildman–Crippen LogP) is 6.07. The Morgan fingerprint density at radius 1 is 1.00 bits per heavy atom. The van der Waals surface area contributed by atoms with Crippen molar-refractivity contribution in [2.75, 3.05) is 0 Å². The summed E-state index contributed by atoms with van der Waals surface area (Å²) in [4.78, 5) is 18.9. The van der Waals surface area contributed by atoms with Gasteiger partial charge in [0.15, 0.2) is 4.80 Å². The standard InChI is InChI=1S/C25H15BrCl2N2OS/c26-18-9-6-16(7-10-18)22-14-21(15-4-2-1-3-5-15)29-25-30(22)24(31)23(32-25)12-17-8-11-19(27)13-20(17)28/h1-14,22H. The van der Waals surface area contributed by atoms with Gasteiger partial charge in [-0.05, 0) is 53.1 Å². The summed E-state index contributed by atoms with van der Waals surface area (Å²) in [6.45, 7) is 0. The molecule has 0 aliphatic carbocycles. The first-order valence-electron chi connectivity index (χ1n) is 9.79. The normalized spacial score (nSPS) is 15.8. The second-order valence-corrected chi connectivity index (χ2v) is 10.0. The van der Waals surface area contributed by atoms with Gasteiger partial charge in [0.2, 0.25) is 0 Å². The van der Waals surface area contributed by atoms with E-state index >= 15 is 0 Å². The summed E-state index contributed by atoms with van der Waals surface area (Å²) in [5.41, 5.74) is 3.50. The largest absolute Gasteiger partial charge is 0.272 e. The highest BCUT2D eigenvalue weighted by Gasteiger charge is 2.22. The molecule has 1 unspecified atom stereocenters. The van der Waals surface area contributed by atoms with Gasteiger partial charge < -0.3 is 0 Å². The van der Waals surface area contributed by atoms with Crippen LogP contribution in [0.25, 0.3) is 11.8 Å². The van der Waals surface area contributed by atoms with E-state index in [1.807, 2.05) is 66.7 Å². The SMILES string of the molecule is O=c1c(=Cc2ccc(Cl)cc2Cl)sc2n1C(c1ccc(Br)cc1)C=C(c1ccccc1)N=2. The zero-order chi connectivity index (χ0) is 22.2. The molecule has 5 rings (SSSR count). The van der Waals surface area contributed by atoms with Crippen molar-refractivity contribution >= 4 is 62.2 Å². The van der Waals surface area contributed by atoms with Crippen molar-refractivity contribution in [2.24, 2.45) is 4.99 Å². The number of hydrogen-bond donors (Lipinski definition) is 0. The quantitative estimate of drug-likeness (QED) is 0.310. The Morgan fingerprint density at radius 2 is 1.75 bits per heavy atom. The topological polar surface area (TPSA) is 34.4 Å². The van der Waals surface area contributed by atoms with Gasteiger partial charge in [-0.15, -0.1) is 0 Å². The molecule has 32 heavy (non-hydrogen) atoms. The first-order chi connectivity index (χ1) is 15.5. The van der Waals surface area contributed by atoms with E-state index in [-0.39, 0.29) is 11.6 Å². The molecule has 0 N–H and O–H groups in total. The fourth-order valence-corrected chi connectivity index (χ4v) is 5.34. The molecule has 0 amide bonds. The van der Waals surface area contributed by atoms with E-state index < -0.39 is 0 Å². The van der Waals surface area contributed by atoms with Crippen LogP contribution in [0.4, 0.5) is 0 Å². The van der Waals surface area contributed by atoms with Crippen molar-refractivity contribution in [1.29, 1.82) is 0 Å².